The van der Waals surface area contributed by atoms with Crippen LogP contribution in [0, 0.1) is 5.82 Å². The Bertz CT molecular complexity index is 1250. The number of nitrogens with zero attached hydrogens (tertiary/aromatic N) is 2. The van der Waals surface area contributed by atoms with Crippen molar-refractivity contribution in [3.8, 4) is 0 Å². The molecule has 0 aliphatic carbocycles. The molecule has 0 unspecified atom stereocenters. The van der Waals surface area contributed by atoms with E-state index in [-0.39, 0.29) is 5.82 Å². The zero-order valence-corrected chi connectivity index (χ0v) is 20.1. The molecule has 0 amide bonds. The van der Waals surface area contributed by atoms with Crippen molar-refractivity contribution in [2.24, 2.45) is 0 Å². The molecule has 0 aliphatic heterocycles. The molecule has 0 atom stereocenters. The van der Waals surface area contributed by atoms with Crippen LogP contribution in [0.4, 0.5) is 4.39 Å². The van der Waals surface area contributed by atoms with Crippen molar-refractivity contribution in [3.05, 3.63) is 162 Å². The highest BCUT2D eigenvalue weighted by Gasteiger charge is 2.38. The fraction of sp³-hybridized carbons (Fsp3) is 0.156. The van der Waals surface area contributed by atoms with E-state index in [1.807, 2.05) is 6.33 Å². The summed E-state index contributed by atoms with van der Waals surface area (Å²) in [5, 5.41) is 0. The molecule has 1 aromatic heterocycles. The van der Waals surface area contributed by atoms with E-state index < -0.39 is 5.54 Å². The first-order valence-corrected chi connectivity index (χ1v) is 12.3. The van der Waals surface area contributed by atoms with Crippen LogP contribution in [0.5, 0.6) is 0 Å². The molecule has 0 aliphatic rings. The average molecular weight is 476 g/mol. The number of ether oxygens (including phenoxy) is 1. The van der Waals surface area contributed by atoms with Crippen LogP contribution in [-0.4, -0.2) is 16.2 Å². The number of aryl methyl sites for hydroxylation is 1. The molecule has 4 heteroatoms. The van der Waals surface area contributed by atoms with Crippen molar-refractivity contribution in [3.63, 3.8) is 0 Å². The normalized spacial score (nSPS) is 11.5. The molecule has 180 valence electrons. The van der Waals surface area contributed by atoms with E-state index in [0.29, 0.717) is 13.2 Å². The number of aromatic nitrogens is 2. The van der Waals surface area contributed by atoms with E-state index in [1.54, 1.807) is 12.1 Å². The zero-order valence-electron chi connectivity index (χ0n) is 20.1. The lowest BCUT2D eigenvalue weighted by Crippen LogP contribution is -2.36. The smallest absolute Gasteiger partial charge is 0.123 e. The number of halogens is 1. The van der Waals surface area contributed by atoms with E-state index >= 15 is 0 Å². The fourth-order valence-electron chi connectivity index (χ4n) is 4.79. The number of hydrogen-bond donors (Lipinski definition) is 0. The van der Waals surface area contributed by atoms with Gasteiger partial charge in [-0.3, -0.25) is 0 Å². The van der Waals surface area contributed by atoms with Gasteiger partial charge >= 0.3 is 0 Å². The van der Waals surface area contributed by atoms with E-state index in [1.165, 1.54) is 28.8 Å². The molecule has 5 rings (SSSR count). The van der Waals surface area contributed by atoms with Gasteiger partial charge in [0.1, 0.15) is 11.4 Å². The molecule has 1 heterocycles. The van der Waals surface area contributed by atoms with Crippen LogP contribution in [0.25, 0.3) is 0 Å². The van der Waals surface area contributed by atoms with Gasteiger partial charge in [-0.1, -0.05) is 103 Å². The van der Waals surface area contributed by atoms with Gasteiger partial charge in [-0.05, 0) is 47.2 Å². The maximum Gasteiger partial charge on any atom is 0.123 e. The van der Waals surface area contributed by atoms with Crippen LogP contribution >= 0.6 is 0 Å². The number of hydrogen-bond acceptors (Lipinski definition) is 2. The molecule has 0 N–H and O–H groups in total. The van der Waals surface area contributed by atoms with E-state index in [2.05, 4.69) is 102 Å². The molecule has 0 bridgehead atoms. The van der Waals surface area contributed by atoms with Gasteiger partial charge in [0.2, 0.25) is 0 Å². The molecule has 36 heavy (non-hydrogen) atoms. The Hall–Kier alpha value is -4.02. The maximum absolute atomic E-state index is 13.1. The quantitative estimate of drug-likeness (QED) is 0.160. The van der Waals surface area contributed by atoms with Crippen molar-refractivity contribution >= 4 is 0 Å². The first kappa shape index (κ1) is 23.7. The summed E-state index contributed by atoms with van der Waals surface area (Å²) < 4.78 is 21.1. The molecule has 0 radical (unpaired) electrons. The van der Waals surface area contributed by atoms with Crippen LogP contribution < -0.4 is 0 Å². The third-order valence-electron chi connectivity index (χ3n) is 6.50. The van der Waals surface area contributed by atoms with E-state index in [0.717, 1.165) is 24.1 Å². The number of imidazole rings is 1. The molecule has 4 aromatic carbocycles. The minimum absolute atomic E-state index is 0.230. The molecule has 0 saturated heterocycles. The molecule has 0 fully saturated rings. The number of benzene rings is 4. The second-order valence-corrected chi connectivity index (χ2v) is 8.86. The lowest BCUT2D eigenvalue weighted by atomic mass is 9.77. The van der Waals surface area contributed by atoms with Crippen molar-refractivity contribution < 1.29 is 9.13 Å². The Balaban J connectivity index is 1.40. The predicted molar refractivity (Wildman–Crippen MR) is 141 cm³/mol. The van der Waals surface area contributed by atoms with Gasteiger partial charge < -0.3 is 9.30 Å². The summed E-state index contributed by atoms with van der Waals surface area (Å²) in [6.07, 6.45) is 5.77. The van der Waals surface area contributed by atoms with Crippen LogP contribution in [0.3, 0.4) is 0 Å². The van der Waals surface area contributed by atoms with Gasteiger partial charge in [-0.15, -0.1) is 0 Å². The second-order valence-electron chi connectivity index (χ2n) is 8.86. The maximum atomic E-state index is 13.1. The first-order chi connectivity index (χ1) is 17.8. The Morgan fingerprint density at radius 3 is 1.75 bits per heavy atom. The lowest BCUT2D eigenvalue weighted by Gasteiger charge is -2.37. The Morgan fingerprint density at radius 1 is 0.694 bits per heavy atom. The van der Waals surface area contributed by atoms with Gasteiger partial charge in [0, 0.05) is 12.8 Å². The summed E-state index contributed by atoms with van der Waals surface area (Å²) in [4.78, 5) is 4.79. The molecular weight excluding hydrogens is 446 g/mol. The second kappa shape index (κ2) is 11.1. The molecular formula is C32H29FN2O. The van der Waals surface area contributed by atoms with Gasteiger partial charge in [0.15, 0.2) is 0 Å². The summed E-state index contributed by atoms with van der Waals surface area (Å²) in [6, 6.07) is 38.2. The predicted octanol–water partition coefficient (Wildman–Crippen LogP) is 7.01. The fourth-order valence-corrected chi connectivity index (χ4v) is 4.79. The average Bonchev–Trinajstić information content (AvgIpc) is 3.41. The summed E-state index contributed by atoms with van der Waals surface area (Å²) in [6.45, 7) is 1.10. The Labute approximate surface area is 211 Å². The highest BCUT2D eigenvalue weighted by atomic mass is 18.2. The first-order valence-electron chi connectivity index (χ1n) is 12.3. The highest BCUT2D eigenvalue weighted by Crippen LogP contribution is 2.40. The summed E-state index contributed by atoms with van der Waals surface area (Å²) in [5.41, 5.74) is 4.97. The summed E-state index contributed by atoms with van der Waals surface area (Å²) >= 11 is 0. The van der Waals surface area contributed by atoms with Crippen LogP contribution in [0.2, 0.25) is 0 Å². The Morgan fingerprint density at radius 2 is 1.22 bits per heavy atom. The third kappa shape index (κ3) is 5.00. The summed E-state index contributed by atoms with van der Waals surface area (Å²) in [5.74, 6) is -0.230. The Kier molecular flexibility index (Phi) is 7.34. The van der Waals surface area contributed by atoms with Crippen molar-refractivity contribution in [1.29, 1.82) is 0 Å². The van der Waals surface area contributed by atoms with Crippen LogP contribution in [0.1, 0.15) is 34.4 Å². The van der Waals surface area contributed by atoms with Gasteiger partial charge in [0.25, 0.3) is 0 Å². The molecule has 0 saturated carbocycles. The van der Waals surface area contributed by atoms with Crippen molar-refractivity contribution in [2.45, 2.75) is 25.0 Å². The van der Waals surface area contributed by atoms with Crippen molar-refractivity contribution in [2.75, 3.05) is 6.61 Å². The lowest BCUT2D eigenvalue weighted by molar-refractivity contribution is 0.118. The van der Waals surface area contributed by atoms with Crippen molar-refractivity contribution in [1.82, 2.24) is 9.55 Å². The molecule has 3 nitrogen and oxygen atoms in total. The highest BCUT2D eigenvalue weighted by molar-refractivity contribution is 5.50. The van der Waals surface area contributed by atoms with Gasteiger partial charge in [-0.25, -0.2) is 9.37 Å². The third-order valence-corrected chi connectivity index (χ3v) is 6.50. The minimum atomic E-state index is -0.548. The van der Waals surface area contributed by atoms with Crippen LogP contribution in [-0.2, 0) is 23.3 Å². The van der Waals surface area contributed by atoms with E-state index in [4.69, 9.17) is 9.72 Å². The van der Waals surface area contributed by atoms with Gasteiger partial charge in [0.05, 0.1) is 18.6 Å². The molecule has 0 spiro atoms. The SMILES string of the molecule is [18F]c1ccc(COCCCc2cn(C(c3ccccc3)(c3ccccc3)c3ccccc3)cn2)cc1. The van der Waals surface area contributed by atoms with E-state index in [9.17, 15) is 4.39 Å². The zero-order chi connectivity index (χ0) is 24.6. The summed E-state index contributed by atoms with van der Waals surface area (Å²) in [7, 11) is 0. The largest absolute Gasteiger partial charge is 0.377 e. The standard InChI is InChI=1S/C32H29FN2O/c33-30-20-18-26(19-21-30)24-36-22-10-17-31-23-35(25-34-31)32(27-11-4-1-5-12-27,28-13-6-2-7-14-28)29-15-8-3-9-16-29/h1-9,11-16,18-21,23,25H,10,17,22,24H2/i33-1. The minimum Gasteiger partial charge on any atom is -0.377 e. The number of rotatable bonds is 10. The topological polar surface area (TPSA) is 27.1 Å². The molecule has 5 aromatic rings. The van der Waals surface area contributed by atoms with Crippen LogP contribution in [0.15, 0.2) is 128 Å². The van der Waals surface area contributed by atoms with Gasteiger partial charge in [-0.2, -0.15) is 0 Å². The monoisotopic (exact) mass is 475 g/mol.